The normalized spacial score (nSPS) is 24.4. The number of aromatic nitrogens is 1. The van der Waals surface area contributed by atoms with E-state index in [0.29, 0.717) is 0 Å². The van der Waals surface area contributed by atoms with Gasteiger partial charge in [0.05, 0.1) is 0 Å². The summed E-state index contributed by atoms with van der Waals surface area (Å²) >= 11 is 2.13. The summed E-state index contributed by atoms with van der Waals surface area (Å²) < 4.78 is 0. The Morgan fingerprint density at radius 3 is 3.06 bits per heavy atom. The molecule has 1 fully saturated rings. The number of hydrogen-bond acceptors (Lipinski definition) is 3. The maximum atomic E-state index is 4.18. The lowest BCUT2D eigenvalue weighted by Crippen LogP contribution is -2.29. The highest BCUT2D eigenvalue weighted by Crippen LogP contribution is 2.32. The molecular formula is C14H22N2S. The molecule has 0 amide bonds. The highest BCUT2D eigenvalue weighted by Gasteiger charge is 2.27. The Morgan fingerprint density at radius 1 is 1.47 bits per heavy atom. The van der Waals surface area contributed by atoms with Crippen LogP contribution in [0.5, 0.6) is 0 Å². The average Bonchev–Trinajstić information content (AvgIpc) is 2.79. The van der Waals surface area contributed by atoms with Crippen molar-refractivity contribution < 1.29 is 0 Å². The molecule has 0 radical (unpaired) electrons. The molecule has 0 aromatic carbocycles. The van der Waals surface area contributed by atoms with Crippen molar-refractivity contribution in [1.82, 2.24) is 9.88 Å². The van der Waals surface area contributed by atoms with Gasteiger partial charge >= 0.3 is 0 Å². The third-order valence-electron chi connectivity index (χ3n) is 3.54. The van der Waals surface area contributed by atoms with Crippen molar-refractivity contribution >= 4 is 11.8 Å². The van der Waals surface area contributed by atoms with Crippen LogP contribution >= 0.6 is 11.8 Å². The summed E-state index contributed by atoms with van der Waals surface area (Å²) in [6.07, 6.45) is 7.92. The molecule has 0 spiro atoms. The van der Waals surface area contributed by atoms with E-state index >= 15 is 0 Å². The summed E-state index contributed by atoms with van der Waals surface area (Å²) in [6, 6.07) is 4.95. The summed E-state index contributed by atoms with van der Waals surface area (Å²) in [7, 11) is 2.25. The first-order valence-electron chi connectivity index (χ1n) is 6.50. The Morgan fingerprint density at radius 2 is 2.35 bits per heavy atom. The Bertz CT molecular complexity index is 328. The first-order chi connectivity index (χ1) is 8.29. The fourth-order valence-electron chi connectivity index (χ4n) is 2.61. The molecular weight excluding hydrogens is 228 g/mol. The molecule has 94 valence electrons. The second-order valence-corrected chi connectivity index (χ2v) is 6.40. The van der Waals surface area contributed by atoms with E-state index in [1.807, 2.05) is 18.5 Å². The summed E-state index contributed by atoms with van der Waals surface area (Å²) in [5, 5.41) is 0.890. The summed E-state index contributed by atoms with van der Waals surface area (Å²) in [5.41, 5.74) is 1.32. The minimum absolute atomic E-state index is 0.763. The van der Waals surface area contributed by atoms with Gasteiger partial charge in [-0.1, -0.05) is 13.0 Å². The minimum atomic E-state index is 0.763. The third-order valence-corrected chi connectivity index (χ3v) is 4.77. The number of pyridine rings is 1. The van der Waals surface area contributed by atoms with Gasteiger partial charge in [-0.2, -0.15) is 11.8 Å². The van der Waals surface area contributed by atoms with E-state index in [0.717, 1.165) is 17.8 Å². The van der Waals surface area contributed by atoms with Crippen molar-refractivity contribution in [2.75, 3.05) is 12.8 Å². The fraction of sp³-hybridized carbons (Fsp3) is 0.643. The number of rotatable bonds is 5. The van der Waals surface area contributed by atoms with Crippen molar-refractivity contribution in [2.45, 2.75) is 44.0 Å². The predicted molar refractivity (Wildman–Crippen MR) is 75.3 cm³/mol. The van der Waals surface area contributed by atoms with E-state index in [2.05, 4.69) is 41.7 Å². The topological polar surface area (TPSA) is 16.1 Å². The van der Waals surface area contributed by atoms with Gasteiger partial charge in [0.15, 0.2) is 0 Å². The molecule has 3 heteroatoms. The van der Waals surface area contributed by atoms with Gasteiger partial charge in [0.1, 0.15) is 0 Å². The van der Waals surface area contributed by atoms with Gasteiger partial charge in [-0.05, 0) is 43.7 Å². The van der Waals surface area contributed by atoms with Crippen molar-refractivity contribution in [3.8, 4) is 0 Å². The maximum absolute atomic E-state index is 4.18. The van der Waals surface area contributed by atoms with Crippen molar-refractivity contribution in [3.63, 3.8) is 0 Å². The molecule has 2 atom stereocenters. The lowest BCUT2D eigenvalue weighted by atomic mass is 10.2. The van der Waals surface area contributed by atoms with E-state index in [-0.39, 0.29) is 0 Å². The van der Waals surface area contributed by atoms with Gasteiger partial charge in [-0.15, -0.1) is 0 Å². The van der Waals surface area contributed by atoms with E-state index in [1.165, 1.54) is 30.6 Å². The van der Waals surface area contributed by atoms with Crippen LogP contribution in [-0.4, -0.2) is 34.0 Å². The lowest BCUT2D eigenvalue weighted by molar-refractivity contribution is 0.237. The SMILES string of the molecule is CCS[C@@H]1CC[C@@H](N(C)Cc2cccnc2)C1. The highest BCUT2D eigenvalue weighted by molar-refractivity contribution is 7.99. The van der Waals surface area contributed by atoms with Crippen molar-refractivity contribution in [3.05, 3.63) is 30.1 Å². The van der Waals surface area contributed by atoms with Crippen LogP contribution in [-0.2, 0) is 6.54 Å². The van der Waals surface area contributed by atoms with Gasteiger partial charge in [0, 0.05) is 30.2 Å². The van der Waals surface area contributed by atoms with Crippen LogP contribution in [0.25, 0.3) is 0 Å². The summed E-state index contributed by atoms with van der Waals surface area (Å²) in [6.45, 7) is 3.29. The van der Waals surface area contributed by atoms with Crippen molar-refractivity contribution in [2.24, 2.45) is 0 Å². The molecule has 2 rings (SSSR count). The molecule has 0 unspecified atom stereocenters. The Balaban J connectivity index is 1.83. The number of thioether (sulfide) groups is 1. The Labute approximate surface area is 109 Å². The maximum Gasteiger partial charge on any atom is 0.0312 e. The molecule has 1 aliphatic carbocycles. The zero-order valence-electron chi connectivity index (χ0n) is 10.8. The lowest BCUT2D eigenvalue weighted by Gasteiger charge is -2.24. The molecule has 1 aromatic heterocycles. The Hall–Kier alpha value is -0.540. The molecule has 1 saturated carbocycles. The monoisotopic (exact) mass is 250 g/mol. The third kappa shape index (κ3) is 3.71. The molecule has 0 saturated heterocycles. The second-order valence-electron chi connectivity index (χ2n) is 4.82. The van der Waals surface area contributed by atoms with Gasteiger partial charge in [0.2, 0.25) is 0 Å². The Kier molecular flexibility index (Phi) is 4.86. The quantitative estimate of drug-likeness (QED) is 0.798. The number of hydrogen-bond donors (Lipinski definition) is 0. The van der Waals surface area contributed by atoms with Gasteiger partial charge in [-0.25, -0.2) is 0 Å². The second kappa shape index (κ2) is 6.41. The zero-order chi connectivity index (χ0) is 12.1. The van der Waals surface area contributed by atoms with Crippen LogP contribution < -0.4 is 0 Å². The molecule has 1 aromatic rings. The van der Waals surface area contributed by atoms with Crippen LogP contribution in [0.4, 0.5) is 0 Å². The fourth-order valence-corrected chi connectivity index (χ4v) is 3.75. The first kappa shape index (κ1) is 12.9. The van der Waals surface area contributed by atoms with Gasteiger partial charge in [0.25, 0.3) is 0 Å². The summed E-state index contributed by atoms with van der Waals surface area (Å²) in [5.74, 6) is 1.25. The molecule has 2 nitrogen and oxygen atoms in total. The number of nitrogens with zero attached hydrogens (tertiary/aromatic N) is 2. The molecule has 0 aliphatic heterocycles. The average molecular weight is 250 g/mol. The van der Waals surface area contributed by atoms with Crippen LogP contribution in [0, 0.1) is 0 Å². The molecule has 0 bridgehead atoms. The standard InChI is InChI=1S/C14H22N2S/c1-3-17-14-7-6-13(9-14)16(2)11-12-5-4-8-15-10-12/h4-5,8,10,13-14H,3,6-7,9,11H2,1-2H3/t13-,14-/m1/s1. The van der Waals surface area contributed by atoms with E-state index in [4.69, 9.17) is 0 Å². The van der Waals surface area contributed by atoms with Crippen LogP contribution in [0.2, 0.25) is 0 Å². The largest absolute Gasteiger partial charge is 0.299 e. The smallest absolute Gasteiger partial charge is 0.0312 e. The first-order valence-corrected chi connectivity index (χ1v) is 7.55. The highest BCUT2D eigenvalue weighted by atomic mass is 32.2. The van der Waals surface area contributed by atoms with Crippen LogP contribution in [0.1, 0.15) is 31.7 Å². The van der Waals surface area contributed by atoms with Crippen LogP contribution in [0.3, 0.4) is 0 Å². The van der Waals surface area contributed by atoms with E-state index in [1.54, 1.807) is 0 Å². The van der Waals surface area contributed by atoms with E-state index in [9.17, 15) is 0 Å². The molecule has 1 aliphatic rings. The minimum Gasteiger partial charge on any atom is -0.299 e. The van der Waals surface area contributed by atoms with Gasteiger partial charge < -0.3 is 0 Å². The molecule has 0 N–H and O–H groups in total. The predicted octanol–water partition coefficient (Wildman–Crippen LogP) is 3.19. The molecule has 1 heterocycles. The van der Waals surface area contributed by atoms with E-state index < -0.39 is 0 Å². The molecule has 17 heavy (non-hydrogen) atoms. The van der Waals surface area contributed by atoms with Crippen LogP contribution in [0.15, 0.2) is 24.5 Å². The summed E-state index contributed by atoms with van der Waals surface area (Å²) in [4.78, 5) is 6.67. The zero-order valence-corrected chi connectivity index (χ0v) is 11.6. The van der Waals surface area contributed by atoms with Crippen molar-refractivity contribution in [1.29, 1.82) is 0 Å². The van der Waals surface area contributed by atoms with Gasteiger partial charge in [-0.3, -0.25) is 9.88 Å².